The van der Waals surface area contributed by atoms with Gasteiger partial charge in [0.25, 0.3) is 5.91 Å². The second kappa shape index (κ2) is 10.6. The van der Waals surface area contributed by atoms with Crippen LogP contribution in [-0.4, -0.2) is 46.5 Å². The predicted molar refractivity (Wildman–Crippen MR) is 136 cm³/mol. The van der Waals surface area contributed by atoms with Gasteiger partial charge in [0.05, 0.1) is 19.2 Å². The van der Waals surface area contributed by atoms with E-state index in [4.69, 9.17) is 28.6 Å². The van der Waals surface area contributed by atoms with Crippen molar-refractivity contribution in [3.8, 4) is 5.75 Å². The molecule has 4 rings (SSSR count). The van der Waals surface area contributed by atoms with Crippen molar-refractivity contribution in [3.63, 3.8) is 0 Å². The highest BCUT2D eigenvalue weighted by molar-refractivity contribution is 7.80. The number of amides is 2. The van der Waals surface area contributed by atoms with E-state index in [1.807, 2.05) is 18.2 Å². The highest BCUT2D eigenvalue weighted by Crippen LogP contribution is 2.28. The summed E-state index contributed by atoms with van der Waals surface area (Å²) in [5.74, 6) is 0.152. The van der Waals surface area contributed by atoms with Gasteiger partial charge in [-0.2, -0.15) is 0 Å². The van der Waals surface area contributed by atoms with E-state index in [0.717, 1.165) is 5.69 Å². The molecule has 174 valence electrons. The number of methoxy groups -OCH3 is 1. The number of hydrogen-bond donors (Lipinski definition) is 1. The number of benzene rings is 2. The number of carbonyl (C=O) groups excluding carboxylic acids is 2. The molecule has 34 heavy (non-hydrogen) atoms. The Morgan fingerprint density at radius 1 is 1.12 bits per heavy atom. The summed E-state index contributed by atoms with van der Waals surface area (Å²) in [5.41, 5.74) is 2.11. The van der Waals surface area contributed by atoms with Crippen molar-refractivity contribution in [3.05, 3.63) is 83.6 Å². The lowest BCUT2D eigenvalue weighted by Gasteiger charge is -2.23. The molecule has 1 atom stereocenters. The van der Waals surface area contributed by atoms with Crippen LogP contribution in [0.25, 0.3) is 0 Å². The largest absolute Gasteiger partial charge is 0.497 e. The van der Waals surface area contributed by atoms with Crippen molar-refractivity contribution >= 4 is 52.1 Å². The number of halogens is 1. The van der Waals surface area contributed by atoms with Gasteiger partial charge in [0, 0.05) is 35.6 Å². The highest BCUT2D eigenvalue weighted by Gasteiger charge is 2.43. The van der Waals surface area contributed by atoms with Crippen LogP contribution in [0.5, 0.6) is 5.75 Å². The summed E-state index contributed by atoms with van der Waals surface area (Å²) >= 11 is 11.7. The molecule has 7 nitrogen and oxygen atoms in total. The molecule has 1 aliphatic heterocycles. The van der Waals surface area contributed by atoms with Crippen molar-refractivity contribution in [2.24, 2.45) is 0 Å². The number of hydrogen-bond acceptors (Lipinski definition) is 5. The zero-order valence-corrected chi connectivity index (χ0v) is 20.1. The summed E-state index contributed by atoms with van der Waals surface area (Å²) in [6.45, 7) is 0.451. The van der Waals surface area contributed by atoms with Crippen LogP contribution < -0.4 is 15.0 Å². The molecule has 9 heteroatoms. The Labute approximate surface area is 208 Å². The van der Waals surface area contributed by atoms with Crippen LogP contribution in [0, 0.1) is 0 Å². The van der Waals surface area contributed by atoms with Crippen LogP contribution in [0.3, 0.4) is 0 Å². The highest BCUT2D eigenvalue weighted by atomic mass is 35.5. The van der Waals surface area contributed by atoms with E-state index in [0.29, 0.717) is 40.2 Å². The molecule has 1 saturated heterocycles. The normalized spacial score (nSPS) is 15.5. The first-order valence-corrected chi connectivity index (χ1v) is 11.5. The molecule has 1 fully saturated rings. The van der Waals surface area contributed by atoms with E-state index in [2.05, 4.69) is 10.3 Å². The summed E-state index contributed by atoms with van der Waals surface area (Å²) in [4.78, 5) is 33.9. The van der Waals surface area contributed by atoms with Gasteiger partial charge >= 0.3 is 0 Å². The summed E-state index contributed by atoms with van der Waals surface area (Å²) < 4.78 is 5.15. The van der Waals surface area contributed by atoms with Gasteiger partial charge < -0.3 is 15.0 Å². The molecule has 1 aromatic heterocycles. The fraction of sp³-hybridized carbons (Fsp3) is 0.200. The van der Waals surface area contributed by atoms with Crippen molar-refractivity contribution in [2.75, 3.05) is 23.9 Å². The first-order chi connectivity index (χ1) is 16.5. The Morgan fingerprint density at radius 3 is 2.50 bits per heavy atom. The van der Waals surface area contributed by atoms with Gasteiger partial charge in [0.2, 0.25) is 5.91 Å². The predicted octanol–water partition coefficient (Wildman–Crippen LogP) is 4.32. The first kappa shape index (κ1) is 23.7. The molecule has 2 aromatic carbocycles. The number of pyridine rings is 1. The Kier molecular flexibility index (Phi) is 7.40. The molecule has 2 amide bonds. The number of rotatable bonds is 8. The van der Waals surface area contributed by atoms with Crippen molar-refractivity contribution in [1.82, 2.24) is 9.88 Å². The second-order valence-electron chi connectivity index (χ2n) is 7.69. The Balaban J connectivity index is 1.53. The van der Waals surface area contributed by atoms with Gasteiger partial charge in [0.1, 0.15) is 11.8 Å². The third-order valence-electron chi connectivity index (χ3n) is 5.49. The number of ether oxygens (including phenoxy) is 1. The maximum absolute atomic E-state index is 13.4. The minimum Gasteiger partial charge on any atom is -0.497 e. The molecular weight excluding hydrogens is 472 g/mol. The van der Waals surface area contributed by atoms with Gasteiger partial charge in [0.15, 0.2) is 5.11 Å². The Bertz CT molecular complexity index is 1170. The van der Waals surface area contributed by atoms with Crippen LogP contribution in [0.4, 0.5) is 11.4 Å². The summed E-state index contributed by atoms with van der Waals surface area (Å²) in [7, 11) is 1.58. The van der Waals surface area contributed by atoms with Crippen LogP contribution in [0.15, 0.2) is 72.9 Å². The summed E-state index contributed by atoms with van der Waals surface area (Å²) in [6.07, 6.45) is 2.26. The number of carbonyl (C=O) groups is 2. The zero-order chi connectivity index (χ0) is 24.1. The van der Waals surface area contributed by atoms with Gasteiger partial charge in [-0.05, 0) is 72.9 Å². The SMILES string of the molecule is COc1ccc(NC(=O)C[C@@H]2C(=O)N(c3ccc(Cl)cc3)C(=S)N2CCc2ccccn2)cc1. The van der Waals surface area contributed by atoms with E-state index >= 15 is 0 Å². The third-order valence-corrected chi connectivity index (χ3v) is 6.16. The molecule has 0 unspecified atom stereocenters. The molecule has 2 heterocycles. The summed E-state index contributed by atoms with van der Waals surface area (Å²) in [5, 5.41) is 3.76. The molecule has 0 bridgehead atoms. The first-order valence-electron chi connectivity index (χ1n) is 10.7. The average Bonchev–Trinajstić information content (AvgIpc) is 3.08. The second-order valence-corrected chi connectivity index (χ2v) is 8.50. The lowest BCUT2D eigenvalue weighted by atomic mass is 10.1. The van der Waals surface area contributed by atoms with E-state index in [-0.39, 0.29) is 18.2 Å². The summed E-state index contributed by atoms with van der Waals surface area (Å²) in [6, 6.07) is 18.8. The van der Waals surface area contributed by atoms with Crippen molar-refractivity contribution in [1.29, 1.82) is 0 Å². The van der Waals surface area contributed by atoms with Crippen LogP contribution in [0.2, 0.25) is 5.02 Å². The van der Waals surface area contributed by atoms with E-state index in [9.17, 15) is 9.59 Å². The van der Waals surface area contributed by atoms with E-state index in [1.54, 1.807) is 66.7 Å². The lowest BCUT2D eigenvalue weighted by molar-refractivity contribution is -0.124. The smallest absolute Gasteiger partial charge is 0.256 e. The molecule has 1 aliphatic rings. The monoisotopic (exact) mass is 494 g/mol. The minimum absolute atomic E-state index is 0.0443. The minimum atomic E-state index is -0.731. The fourth-order valence-corrected chi connectivity index (χ4v) is 4.30. The lowest BCUT2D eigenvalue weighted by Crippen LogP contribution is -2.39. The molecule has 0 spiro atoms. The van der Waals surface area contributed by atoms with Gasteiger partial charge in [-0.3, -0.25) is 19.5 Å². The van der Waals surface area contributed by atoms with Crippen LogP contribution >= 0.6 is 23.8 Å². The Hall–Kier alpha value is -3.49. The average molecular weight is 495 g/mol. The molecule has 0 aliphatic carbocycles. The maximum Gasteiger partial charge on any atom is 0.256 e. The number of nitrogens with zero attached hydrogens (tertiary/aromatic N) is 3. The van der Waals surface area contributed by atoms with Gasteiger partial charge in [-0.1, -0.05) is 17.7 Å². The van der Waals surface area contributed by atoms with Crippen LogP contribution in [-0.2, 0) is 16.0 Å². The topological polar surface area (TPSA) is 74.8 Å². The number of anilines is 2. The molecule has 0 saturated carbocycles. The molecule has 3 aromatic rings. The zero-order valence-electron chi connectivity index (χ0n) is 18.5. The standard InChI is InChI=1S/C25H23ClN4O3S/c1-33-21-11-7-19(8-12-21)28-23(31)16-22-24(32)30(20-9-5-17(26)6-10-20)25(34)29(22)15-13-18-4-2-3-14-27-18/h2-12,14,22H,13,15-16H2,1H3,(H,28,31)/t22-/m1/s1. The van der Waals surface area contributed by atoms with E-state index < -0.39 is 6.04 Å². The van der Waals surface area contributed by atoms with Crippen molar-refractivity contribution in [2.45, 2.75) is 18.9 Å². The van der Waals surface area contributed by atoms with E-state index in [1.165, 1.54) is 4.90 Å². The van der Waals surface area contributed by atoms with Crippen LogP contribution in [0.1, 0.15) is 12.1 Å². The van der Waals surface area contributed by atoms with Gasteiger partial charge in [-0.15, -0.1) is 0 Å². The molecular formula is C25H23ClN4O3S. The van der Waals surface area contributed by atoms with Gasteiger partial charge in [-0.25, -0.2) is 0 Å². The number of aromatic nitrogens is 1. The maximum atomic E-state index is 13.4. The number of thiocarbonyl (C=S) groups is 1. The number of nitrogens with one attached hydrogen (secondary N) is 1. The molecule has 0 radical (unpaired) electrons. The third kappa shape index (κ3) is 5.35. The van der Waals surface area contributed by atoms with Crippen molar-refractivity contribution < 1.29 is 14.3 Å². The quantitative estimate of drug-likeness (QED) is 0.470. The fourth-order valence-electron chi connectivity index (χ4n) is 3.76. The molecule has 1 N–H and O–H groups in total. The Morgan fingerprint density at radius 2 is 1.85 bits per heavy atom.